The van der Waals surface area contributed by atoms with E-state index in [1.54, 1.807) is 16.0 Å². The van der Waals surface area contributed by atoms with Crippen molar-refractivity contribution < 1.29 is 28.7 Å². The zero-order chi connectivity index (χ0) is 41.2. The molecule has 4 N–H and O–H groups in total. The van der Waals surface area contributed by atoms with Gasteiger partial charge in [-0.25, -0.2) is 19.6 Å². The molecule has 15 nitrogen and oxygen atoms in total. The van der Waals surface area contributed by atoms with Crippen molar-refractivity contribution in [2.45, 2.75) is 63.7 Å². The van der Waals surface area contributed by atoms with E-state index in [0.717, 1.165) is 70.0 Å². The molecular weight excluding hydrogens is 751 g/mol. The molecule has 8 rings (SSSR count). The number of H-pyrrole nitrogens is 2. The Balaban J connectivity index is 0.987. The highest BCUT2D eigenvalue weighted by Gasteiger charge is 2.39. The van der Waals surface area contributed by atoms with Gasteiger partial charge in [0.05, 0.1) is 54.7 Å². The van der Waals surface area contributed by atoms with E-state index in [-0.39, 0.29) is 29.8 Å². The van der Waals surface area contributed by atoms with Crippen LogP contribution < -0.4 is 10.6 Å². The Morgan fingerprint density at radius 2 is 1.39 bits per heavy atom. The summed E-state index contributed by atoms with van der Waals surface area (Å²) in [5.74, 6) is 0.899. The van der Waals surface area contributed by atoms with E-state index >= 15 is 0 Å². The maximum Gasteiger partial charge on any atom is 0.407 e. The Hall–Kier alpha value is -6.77. The number of likely N-dealkylation sites (tertiary alicyclic amines) is 2. The third-order valence-corrected chi connectivity index (χ3v) is 11.3. The average Bonchev–Trinajstić information content (AvgIpc) is 4.10. The third-order valence-electron chi connectivity index (χ3n) is 11.3. The molecule has 2 saturated heterocycles. The molecule has 2 fully saturated rings. The van der Waals surface area contributed by atoms with Gasteiger partial charge in [0.15, 0.2) is 0 Å². The van der Waals surface area contributed by atoms with Crippen LogP contribution in [-0.2, 0) is 19.1 Å². The van der Waals surface area contributed by atoms with Gasteiger partial charge in [0.1, 0.15) is 23.7 Å². The molecule has 2 aliphatic rings. The highest BCUT2D eigenvalue weighted by Crippen LogP contribution is 2.36. The number of nitrogens with zero attached hydrogens (tertiary/aromatic N) is 5. The monoisotopic (exact) mass is 797 g/mol. The number of imidazole rings is 2. The Kier molecular flexibility index (Phi) is 11.0. The quantitative estimate of drug-likeness (QED) is 0.114. The van der Waals surface area contributed by atoms with Crippen LogP contribution in [0.2, 0.25) is 0 Å². The number of amides is 4. The van der Waals surface area contributed by atoms with Crippen molar-refractivity contribution >= 4 is 45.9 Å². The Bertz CT molecular complexity index is 2520. The molecule has 59 heavy (non-hydrogen) atoms. The molecule has 304 valence electrons. The maximum absolute atomic E-state index is 14.0. The molecule has 2 aliphatic heterocycles. The molecule has 6 aromatic rings. The van der Waals surface area contributed by atoms with Crippen molar-refractivity contribution in [3.63, 3.8) is 0 Å². The van der Waals surface area contributed by atoms with Gasteiger partial charge in [-0.15, -0.1) is 0 Å². The van der Waals surface area contributed by atoms with E-state index in [9.17, 15) is 19.2 Å². The average molecular weight is 798 g/mol. The molecule has 4 amide bonds. The van der Waals surface area contributed by atoms with Crippen LogP contribution in [0.25, 0.3) is 44.3 Å². The van der Waals surface area contributed by atoms with Gasteiger partial charge in [0.2, 0.25) is 5.91 Å². The van der Waals surface area contributed by atoms with Gasteiger partial charge < -0.3 is 39.9 Å². The van der Waals surface area contributed by atoms with Crippen molar-refractivity contribution in [2.24, 2.45) is 5.92 Å². The zero-order valence-corrected chi connectivity index (χ0v) is 33.4. The number of pyridine rings is 1. The first kappa shape index (κ1) is 39.1. The van der Waals surface area contributed by atoms with Gasteiger partial charge in [-0.3, -0.25) is 14.6 Å². The molecule has 0 spiro atoms. The largest absolute Gasteiger partial charge is 0.453 e. The van der Waals surface area contributed by atoms with Crippen molar-refractivity contribution in [3.05, 3.63) is 102 Å². The van der Waals surface area contributed by atoms with E-state index in [1.807, 2.05) is 68.6 Å². The van der Waals surface area contributed by atoms with Crippen LogP contribution in [0.3, 0.4) is 0 Å². The zero-order valence-electron chi connectivity index (χ0n) is 33.4. The summed E-state index contributed by atoms with van der Waals surface area (Å²) in [4.78, 5) is 76.7. The van der Waals surface area contributed by atoms with Gasteiger partial charge >= 0.3 is 12.2 Å². The Morgan fingerprint density at radius 1 is 0.712 bits per heavy atom. The van der Waals surface area contributed by atoms with Gasteiger partial charge in [-0.2, -0.15) is 0 Å². The number of aromatic nitrogens is 5. The number of methoxy groups -OCH3 is 2. The molecule has 4 atom stereocenters. The van der Waals surface area contributed by atoms with Gasteiger partial charge in [0.25, 0.3) is 5.91 Å². The van der Waals surface area contributed by atoms with Crippen LogP contribution in [0.15, 0.2) is 85.2 Å². The van der Waals surface area contributed by atoms with Crippen LogP contribution >= 0.6 is 0 Å². The molecule has 0 aliphatic carbocycles. The van der Waals surface area contributed by atoms with Crippen LogP contribution in [-0.4, -0.2) is 92.1 Å². The first-order valence-corrected chi connectivity index (χ1v) is 19.9. The van der Waals surface area contributed by atoms with Gasteiger partial charge in [0, 0.05) is 30.2 Å². The summed E-state index contributed by atoms with van der Waals surface area (Å²) in [7, 11) is 2.56. The number of ether oxygens (including phenoxy) is 2. The fourth-order valence-electron chi connectivity index (χ4n) is 8.25. The van der Waals surface area contributed by atoms with Crippen molar-refractivity contribution in [2.75, 3.05) is 27.3 Å². The molecule has 0 saturated carbocycles. The molecule has 0 bridgehead atoms. The van der Waals surface area contributed by atoms with E-state index in [0.29, 0.717) is 30.3 Å². The third kappa shape index (κ3) is 7.92. The lowest BCUT2D eigenvalue weighted by molar-refractivity contribution is -0.135. The normalized spacial score (nSPS) is 17.6. The number of rotatable bonds is 10. The number of aromatic amines is 2. The molecule has 5 heterocycles. The molecule has 3 aromatic carbocycles. The predicted molar refractivity (Wildman–Crippen MR) is 221 cm³/mol. The minimum atomic E-state index is -0.892. The predicted octanol–water partition coefficient (Wildman–Crippen LogP) is 6.97. The van der Waals surface area contributed by atoms with Crippen molar-refractivity contribution in [1.82, 2.24) is 45.4 Å². The number of hydrogen-bond donors (Lipinski definition) is 4. The second kappa shape index (κ2) is 16.6. The second-order valence-electron chi connectivity index (χ2n) is 15.4. The maximum atomic E-state index is 14.0. The van der Waals surface area contributed by atoms with E-state index < -0.39 is 24.3 Å². The van der Waals surface area contributed by atoms with Gasteiger partial charge in [-0.1, -0.05) is 62.4 Å². The second-order valence-corrected chi connectivity index (χ2v) is 15.4. The lowest BCUT2D eigenvalue weighted by Crippen LogP contribution is -2.51. The lowest BCUT2D eigenvalue weighted by Gasteiger charge is -2.30. The summed E-state index contributed by atoms with van der Waals surface area (Å²) in [5.41, 5.74) is 6.79. The van der Waals surface area contributed by atoms with Gasteiger partial charge in [-0.05, 0) is 72.6 Å². The standard InChI is InChI=1S/C44H47N9O6/c1-25(2)37(50-43(56)58-3)41(54)52-18-8-12-35(52)39-46-24-34(49-39)30-20-29-15-14-27(21-32(29)45-23-30)28-16-17-31-33(22-28)48-40(47-31)36-13-9-19-53(36)42(55)38(51-44(57)59-4)26-10-6-5-7-11-26/h5-7,10-11,14-17,20-25,35-38H,8-9,12-13,18-19H2,1-4H3,(H,46,49)(H,47,48)(H,50,56)(H,51,57)/t35-,36-,37-,38+/m0/s1. The summed E-state index contributed by atoms with van der Waals surface area (Å²) >= 11 is 0. The number of nitrogens with one attached hydrogen (secondary N) is 4. The minimum absolute atomic E-state index is 0.119. The highest BCUT2D eigenvalue weighted by atomic mass is 16.5. The summed E-state index contributed by atoms with van der Waals surface area (Å²) < 4.78 is 9.60. The summed E-state index contributed by atoms with van der Waals surface area (Å²) in [6.45, 7) is 4.91. The van der Waals surface area contributed by atoms with Crippen LogP contribution in [0, 0.1) is 5.92 Å². The highest BCUT2D eigenvalue weighted by molar-refractivity contribution is 5.90. The topological polar surface area (TPSA) is 188 Å². The van der Waals surface area contributed by atoms with E-state index in [2.05, 4.69) is 49.9 Å². The number of hydrogen-bond acceptors (Lipinski definition) is 9. The number of carbonyl (C=O) groups is 4. The number of fused-ring (bicyclic) bond motifs is 2. The fourth-order valence-corrected chi connectivity index (χ4v) is 8.25. The SMILES string of the molecule is COC(=O)N[C@H](C(=O)N1CCC[C@H]1c1ncc(-c2cnc3cc(-c4ccc5nc([C@@H]6CCCN6C(=O)[C@H](NC(=O)OC)c6ccccc6)[nH]c5c4)ccc3c2)[nH]1)C(C)C. The van der Waals surface area contributed by atoms with Crippen LogP contribution in [0.5, 0.6) is 0 Å². The number of alkyl carbamates (subject to hydrolysis) is 2. The summed E-state index contributed by atoms with van der Waals surface area (Å²) in [5, 5.41) is 6.37. The fraction of sp³-hybridized carbons (Fsp3) is 0.341. The Morgan fingerprint density at radius 3 is 2.12 bits per heavy atom. The van der Waals surface area contributed by atoms with E-state index in [1.165, 1.54) is 14.2 Å². The summed E-state index contributed by atoms with van der Waals surface area (Å²) in [6, 6.07) is 21.4. The number of carbonyl (C=O) groups excluding carboxylic acids is 4. The molecule has 3 aromatic heterocycles. The first-order valence-electron chi connectivity index (χ1n) is 19.9. The molecule has 15 heteroatoms. The number of benzene rings is 3. The van der Waals surface area contributed by atoms with Crippen molar-refractivity contribution in [1.29, 1.82) is 0 Å². The summed E-state index contributed by atoms with van der Waals surface area (Å²) in [6.07, 6.45) is 5.42. The molecule has 0 unspecified atom stereocenters. The minimum Gasteiger partial charge on any atom is -0.453 e. The van der Waals surface area contributed by atoms with E-state index in [4.69, 9.17) is 19.4 Å². The Labute approximate surface area is 340 Å². The van der Waals surface area contributed by atoms with Crippen LogP contribution in [0.1, 0.15) is 74.9 Å². The lowest BCUT2D eigenvalue weighted by atomic mass is 10.0. The molecular formula is C44H47N9O6. The van der Waals surface area contributed by atoms with Crippen LogP contribution in [0.4, 0.5) is 9.59 Å². The van der Waals surface area contributed by atoms with Crippen molar-refractivity contribution in [3.8, 4) is 22.4 Å². The smallest absolute Gasteiger partial charge is 0.407 e. The first-order chi connectivity index (χ1) is 28.6. The molecule has 0 radical (unpaired) electrons.